The third-order valence-corrected chi connectivity index (χ3v) is 9.59. The lowest BCUT2D eigenvalue weighted by molar-refractivity contribution is -0.127. The van der Waals surface area contributed by atoms with Gasteiger partial charge in [-0.15, -0.1) is 0 Å². The zero-order valence-electron chi connectivity index (χ0n) is 23.1. The van der Waals surface area contributed by atoms with Crippen molar-refractivity contribution in [1.29, 1.82) is 0 Å². The van der Waals surface area contributed by atoms with Crippen LogP contribution in [0.1, 0.15) is 28.4 Å². The van der Waals surface area contributed by atoms with E-state index in [2.05, 4.69) is 5.32 Å². The number of fused-ring (bicyclic) bond motifs is 2. The van der Waals surface area contributed by atoms with Gasteiger partial charge in [-0.3, -0.25) is 13.9 Å². The van der Waals surface area contributed by atoms with Crippen LogP contribution in [0, 0.1) is 0 Å². The summed E-state index contributed by atoms with van der Waals surface area (Å²) < 4.78 is 34.4. The van der Waals surface area contributed by atoms with E-state index in [1.54, 1.807) is 71.6 Å². The van der Waals surface area contributed by atoms with Crippen LogP contribution in [-0.2, 0) is 27.7 Å². The molecule has 6 rings (SSSR count). The van der Waals surface area contributed by atoms with Crippen molar-refractivity contribution in [2.24, 2.45) is 0 Å². The highest BCUT2D eigenvalue weighted by Crippen LogP contribution is 2.39. The molecule has 214 valence electrons. The van der Waals surface area contributed by atoms with E-state index in [0.29, 0.717) is 42.1 Å². The Morgan fingerprint density at radius 1 is 0.881 bits per heavy atom. The Hall–Kier alpha value is -4.63. The molecule has 0 fully saturated rings. The molecule has 2 amide bonds. The van der Waals surface area contributed by atoms with Crippen LogP contribution in [0.25, 0.3) is 0 Å². The summed E-state index contributed by atoms with van der Waals surface area (Å²) in [6.45, 7) is 2.36. The van der Waals surface area contributed by atoms with Gasteiger partial charge in [-0.05, 0) is 73.4 Å². The second kappa shape index (κ2) is 11.3. The molecular formula is C33H31N3O5S. The normalized spacial score (nSPS) is 17.6. The van der Waals surface area contributed by atoms with Crippen LogP contribution in [-0.4, -0.2) is 45.5 Å². The second-order valence-corrected chi connectivity index (χ2v) is 12.3. The maximum atomic E-state index is 13.9. The number of nitrogens with one attached hydrogen (secondary N) is 1. The van der Waals surface area contributed by atoms with Gasteiger partial charge >= 0.3 is 0 Å². The molecule has 2 aliphatic rings. The molecule has 4 aromatic carbocycles. The number of benzene rings is 4. The van der Waals surface area contributed by atoms with Crippen LogP contribution in [0.2, 0.25) is 0 Å². The van der Waals surface area contributed by atoms with E-state index < -0.39 is 16.1 Å². The molecule has 0 aliphatic carbocycles. The number of anilines is 2. The molecule has 42 heavy (non-hydrogen) atoms. The van der Waals surface area contributed by atoms with E-state index in [0.717, 1.165) is 11.1 Å². The first-order chi connectivity index (χ1) is 20.3. The molecule has 2 aliphatic heterocycles. The standard InChI is InChI=1S/C33H31N3O5S/c1-23-20-26-21-25(16-17-28(26)36(23)42(39,40)27-12-6-3-7-13-27)33(38)35-22-31(41-30-15-9-8-14-29(30)35)32(37)34-19-18-24-10-4-2-5-11-24/h2-17,21,23,31H,18-20,22H2,1H3,(H,34,37). The van der Waals surface area contributed by atoms with E-state index >= 15 is 0 Å². The molecule has 0 radical (unpaired) electrons. The molecule has 0 spiro atoms. The van der Waals surface area contributed by atoms with E-state index in [1.807, 2.05) is 43.3 Å². The van der Waals surface area contributed by atoms with Crippen molar-refractivity contribution in [2.75, 3.05) is 22.3 Å². The molecule has 2 unspecified atom stereocenters. The summed E-state index contributed by atoms with van der Waals surface area (Å²) in [5.41, 5.74) is 3.47. The van der Waals surface area contributed by atoms with Gasteiger partial charge in [0, 0.05) is 18.2 Å². The number of rotatable bonds is 7. The number of carbonyl (C=O) groups is 2. The fourth-order valence-electron chi connectivity index (χ4n) is 5.62. The van der Waals surface area contributed by atoms with Gasteiger partial charge in [0.05, 0.1) is 22.8 Å². The number of ether oxygens (including phenoxy) is 1. The number of hydrogen-bond donors (Lipinski definition) is 1. The van der Waals surface area contributed by atoms with Gasteiger partial charge in [0.2, 0.25) is 0 Å². The predicted octanol–water partition coefficient (Wildman–Crippen LogP) is 4.59. The van der Waals surface area contributed by atoms with Crippen molar-refractivity contribution in [2.45, 2.75) is 36.8 Å². The Morgan fingerprint density at radius 3 is 2.33 bits per heavy atom. The van der Waals surface area contributed by atoms with Gasteiger partial charge in [0.25, 0.3) is 21.8 Å². The molecule has 0 bridgehead atoms. The van der Waals surface area contributed by atoms with Crippen LogP contribution in [0.3, 0.4) is 0 Å². The number of hydrogen-bond acceptors (Lipinski definition) is 5. The van der Waals surface area contributed by atoms with Crippen molar-refractivity contribution >= 4 is 33.2 Å². The zero-order chi connectivity index (χ0) is 29.3. The van der Waals surface area contributed by atoms with Gasteiger partial charge in [-0.25, -0.2) is 8.42 Å². The molecule has 0 saturated carbocycles. The Balaban J connectivity index is 1.22. The average molecular weight is 582 g/mol. The third kappa shape index (κ3) is 5.23. The fraction of sp³-hybridized carbons (Fsp3) is 0.212. The maximum absolute atomic E-state index is 13.9. The highest BCUT2D eigenvalue weighted by atomic mass is 32.2. The highest BCUT2D eigenvalue weighted by Gasteiger charge is 2.38. The first kappa shape index (κ1) is 27.5. The number of nitrogens with zero attached hydrogens (tertiary/aromatic N) is 2. The zero-order valence-corrected chi connectivity index (χ0v) is 24.0. The summed E-state index contributed by atoms with van der Waals surface area (Å²) in [5, 5.41) is 2.94. The summed E-state index contributed by atoms with van der Waals surface area (Å²) in [4.78, 5) is 28.8. The van der Waals surface area contributed by atoms with E-state index in [1.165, 1.54) is 4.31 Å². The Bertz CT molecular complexity index is 1730. The minimum absolute atomic E-state index is 0.0506. The minimum Gasteiger partial charge on any atom is -0.477 e. The topological polar surface area (TPSA) is 96.0 Å². The predicted molar refractivity (Wildman–Crippen MR) is 161 cm³/mol. The number of sulfonamides is 1. The van der Waals surface area contributed by atoms with Crippen LogP contribution >= 0.6 is 0 Å². The molecule has 1 N–H and O–H groups in total. The maximum Gasteiger partial charge on any atom is 0.264 e. The van der Waals surface area contributed by atoms with Crippen molar-refractivity contribution in [3.63, 3.8) is 0 Å². The van der Waals surface area contributed by atoms with Crippen LogP contribution in [0.5, 0.6) is 5.75 Å². The van der Waals surface area contributed by atoms with Gasteiger partial charge < -0.3 is 15.0 Å². The number of para-hydroxylation sites is 2. The molecule has 0 aromatic heterocycles. The first-order valence-electron chi connectivity index (χ1n) is 13.9. The smallest absolute Gasteiger partial charge is 0.264 e. The monoisotopic (exact) mass is 581 g/mol. The Morgan fingerprint density at radius 2 is 1.57 bits per heavy atom. The lowest BCUT2D eigenvalue weighted by Gasteiger charge is -2.34. The molecule has 2 atom stereocenters. The van der Waals surface area contributed by atoms with Crippen molar-refractivity contribution in [1.82, 2.24) is 5.32 Å². The van der Waals surface area contributed by atoms with E-state index in [-0.39, 0.29) is 29.3 Å². The SMILES string of the molecule is CC1Cc2cc(C(=O)N3CC(C(=O)NCCc4ccccc4)Oc4ccccc43)ccc2N1S(=O)(=O)c1ccccc1. The molecule has 2 heterocycles. The lowest BCUT2D eigenvalue weighted by atomic mass is 10.0. The number of amides is 2. The van der Waals surface area contributed by atoms with Crippen LogP contribution in [0.15, 0.2) is 108 Å². The molecule has 0 saturated heterocycles. The fourth-order valence-corrected chi connectivity index (χ4v) is 7.33. The van der Waals surface area contributed by atoms with Gasteiger partial charge in [-0.2, -0.15) is 0 Å². The lowest BCUT2D eigenvalue weighted by Crippen LogP contribution is -2.51. The average Bonchev–Trinajstić information content (AvgIpc) is 3.36. The summed E-state index contributed by atoms with van der Waals surface area (Å²) in [6, 6.07) is 30.2. The Labute approximate surface area is 245 Å². The molecule has 4 aromatic rings. The van der Waals surface area contributed by atoms with E-state index in [4.69, 9.17) is 4.74 Å². The molecular weight excluding hydrogens is 550 g/mol. The quantitative estimate of drug-likeness (QED) is 0.344. The summed E-state index contributed by atoms with van der Waals surface area (Å²) in [7, 11) is -3.76. The molecule has 8 nitrogen and oxygen atoms in total. The van der Waals surface area contributed by atoms with Crippen molar-refractivity contribution in [3.8, 4) is 5.75 Å². The van der Waals surface area contributed by atoms with Gasteiger partial charge in [0.15, 0.2) is 6.10 Å². The van der Waals surface area contributed by atoms with Crippen LogP contribution < -0.4 is 19.3 Å². The Kier molecular flexibility index (Phi) is 7.43. The van der Waals surface area contributed by atoms with Gasteiger partial charge in [-0.1, -0.05) is 60.7 Å². The first-order valence-corrected chi connectivity index (χ1v) is 15.4. The molecule has 9 heteroatoms. The van der Waals surface area contributed by atoms with Crippen molar-refractivity contribution < 1.29 is 22.7 Å². The van der Waals surface area contributed by atoms with Gasteiger partial charge in [0.1, 0.15) is 5.75 Å². The number of carbonyl (C=O) groups excluding carboxylic acids is 2. The third-order valence-electron chi connectivity index (χ3n) is 7.65. The largest absolute Gasteiger partial charge is 0.477 e. The summed E-state index contributed by atoms with van der Waals surface area (Å²) >= 11 is 0. The van der Waals surface area contributed by atoms with Crippen LogP contribution in [0.4, 0.5) is 11.4 Å². The van der Waals surface area contributed by atoms with E-state index in [9.17, 15) is 18.0 Å². The highest BCUT2D eigenvalue weighted by molar-refractivity contribution is 7.92. The minimum atomic E-state index is -3.76. The second-order valence-electron chi connectivity index (χ2n) is 10.5. The summed E-state index contributed by atoms with van der Waals surface area (Å²) in [6.07, 6.45) is 0.290. The summed E-state index contributed by atoms with van der Waals surface area (Å²) in [5.74, 6) is -0.120. The van der Waals surface area contributed by atoms with Crippen molar-refractivity contribution in [3.05, 3.63) is 120 Å².